The first-order valence-electron chi connectivity index (χ1n) is 7.68. The molecule has 0 aromatic rings. The molecular formula is C15H33BrN2. The molecule has 0 aliphatic rings. The Bertz CT molecular complexity index is 172. The Morgan fingerprint density at radius 1 is 0.833 bits per heavy atom. The maximum absolute atomic E-state index is 3.53. The summed E-state index contributed by atoms with van der Waals surface area (Å²) in [7, 11) is 0. The van der Waals surface area contributed by atoms with Crippen LogP contribution >= 0.6 is 15.9 Å². The molecule has 0 aliphatic heterocycles. The van der Waals surface area contributed by atoms with Gasteiger partial charge in [0.25, 0.3) is 0 Å². The minimum Gasteiger partial charge on any atom is -0.304 e. The Morgan fingerprint density at radius 3 is 1.89 bits per heavy atom. The van der Waals surface area contributed by atoms with Crippen LogP contribution < -0.4 is 0 Å². The van der Waals surface area contributed by atoms with E-state index >= 15 is 0 Å². The van der Waals surface area contributed by atoms with Gasteiger partial charge in [0.05, 0.1) is 0 Å². The first-order valence-corrected chi connectivity index (χ1v) is 8.80. The van der Waals surface area contributed by atoms with E-state index in [9.17, 15) is 0 Å². The van der Waals surface area contributed by atoms with E-state index in [2.05, 4.69) is 53.4 Å². The average molecular weight is 321 g/mol. The molecule has 0 amide bonds. The third-order valence-electron chi connectivity index (χ3n) is 3.83. The summed E-state index contributed by atoms with van der Waals surface area (Å²) in [5.41, 5.74) is 0. The fraction of sp³-hybridized carbons (Fsp3) is 1.00. The Balaban J connectivity index is 3.69. The molecule has 0 radical (unpaired) electrons. The van der Waals surface area contributed by atoms with Crippen LogP contribution in [0.3, 0.4) is 0 Å². The van der Waals surface area contributed by atoms with E-state index in [4.69, 9.17) is 0 Å². The maximum atomic E-state index is 3.53. The molecule has 0 aromatic carbocycles. The zero-order valence-electron chi connectivity index (χ0n) is 12.9. The lowest BCUT2D eigenvalue weighted by Crippen LogP contribution is -2.31. The van der Waals surface area contributed by atoms with Gasteiger partial charge in [-0.3, -0.25) is 0 Å². The van der Waals surface area contributed by atoms with Crippen molar-refractivity contribution in [2.75, 3.05) is 44.6 Å². The zero-order valence-corrected chi connectivity index (χ0v) is 14.5. The van der Waals surface area contributed by atoms with Crippen molar-refractivity contribution >= 4 is 15.9 Å². The predicted molar refractivity (Wildman–Crippen MR) is 86.7 cm³/mol. The van der Waals surface area contributed by atoms with Gasteiger partial charge < -0.3 is 9.80 Å². The third-order valence-corrected chi connectivity index (χ3v) is 4.29. The standard InChI is InChI=1S/C15H33BrN2/c1-5-17(6-2)12-8-13-18(7-3)14-10-15(4)9-11-16/h15H,5-14H2,1-4H3. The number of rotatable bonds is 12. The molecular weight excluding hydrogens is 288 g/mol. The van der Waals surface area contributed by atoms with Crippen molar-refractivity contribution in [3.63, 3.8) is 0 Å². The highest BCUT2D eigenvalue weighted by molar-refractivity contribution is 9.09. The Kier molecular flexibility index (Phi) is 12.7. The lowest BCUT2D eigenvalue weighted by atomic mass is 10.1. The lowest BCUT2D eigenvalue weighted by molar-refractivity contribution is 0.233. The molecule has 18 heavy (non-hydrogen) atoms. The Labute approximate surface area is 123 Å². The maximum Gasteiger partial charge on any atom is 0.00338 e. The van der Waals surface area contributed by atoms with Crippen molar-refractivity contribution in [3.05, 3.63) is 0 Å². The summed E-state index contributed by atoms with van der Waals surface area (Å²) >= 11 is 3.53. The molecule has 0 aromatic heterocycles. The van der Waals surface area contributed by atoms with E-state index in [1.165, 1.54) is 58.5 Å². The Hall–Kier alpha value is 0.400. The van der Waals surface area contributed by atoms with Crippen molar-refractivity contribution < 1.29 is 0 Å². The molecule has 2 nitrogen and oxygen atoms in total. The van der Waals surface area contributed by atoms with Gasteiger partial charge in [0, 0.05) is 5.33 Å². The summed E-state index contributed by atoms with van der Waals surface area (Å²) in [5, 5.41) is 1.14. The first kappa shape index (κ1) is 18.4. The molecule has 0 bridgehead atoms. The molecule has 0 rings (SSSR count). The normalized spacial score (nSPS) is 13.5. The summed E-state index contributed by atoms with van der Waals surface area (Å²) < 4.78 is 0. The van der Waals surface area contributed by atoms with Gasteiger partial charge in [-0.15, -0.1) is 0 Å². The summed E-state index contributed by atoms with van der Waals surface area (Å²) in [6, 6.07) is 0. The molecule has 0 heterocycles. The molecule has 0 N–H and O–H groups in total. The number of hydrogen-bond donors (Lipinski definition) is 0. The van der Waals surface area contributed by atoms with Gasteiger partial charge in [-0.25, -0.2) is 0 Å². The quantitative estimate of drug-likeness (QED) is 0.504. The highest BCUT2D eigenvalue weighted by atomic mass is 79.9. The fourth-order valence-corrected chi connectivity index (χ4v) is 3.00. The fourth-order valence-electron chi connectivity index (χ4n) is 2.22. The summed E-state index contributed by atoms with van der Waals surface area (Å²) in [6.45, 7) is 16.5. The van der Waals surface area contributed by atoms with Crippen LogP contribution in [-0.4, -0.2) is 54.4 Å². The molecule has 0 fully saturated rings. The van der Waals surface area contributed by atoms with Gasteiger partial charge in [0.1, 0.15) is 0 Å². The second-order valence-corrected chi connectivity index (χ2v) is 5.98. The van der Waals surface area contributed by atoms with Crippen LogP contribution in [0.2, 0.25) is 0 Å². The second-order valence-electron chi connectivity index (χ2n) is 5.19. The van der Waals surface area contributed by atoms with Crippen LogP contribution in [0.5, 0.6) is 0 Å². The van der Waals surface area contributed by atoms with Crippen LogP contribution in [0.4, 0.5) is 0 Å². The topological polar surface area (TPSA) is 6.48 Å². The second kappa shape index (κ2) is 12.4. The minimum absolute atomic E-state index is 0.848. The molecule has 0 saturated carbocycles. The Morgan fingerprint density at radius 2 is 1.39 bits per heavy atom. The number of halogens is 1. The van der Waals surface area contributed by atoms with E-state index in [1.807, 2.05) is 0 Å². The summed E-state index contributed by atoms with van der Waals surface area (Å²) in [4.78, 5) is 5.12. The smallest absolute Gasteiger partial charge is 0.00338 e. The van der Waals surface area contributed by atoms with Gasteiger partial charge in [-0.05, 0) is 64.4 Å². The molecule has 0 saturated heterocycles. The van der Waals surface area contributed by atoms with E-state index in [0.29, 0.717) is 0 Å². The third kappa shape index (κ3) is 9.35. The number of nitrogens with zero attached hydrogens (tertiary/aromatic N) is 2. The van der Waals surface area contributed by atoms with Crippen molar-refractivity contribution in [1.82, 2.24) is 9.80 Å². The van der Waals surface area contributed by atoms with Gasteiger partial charge in [-0.2, -0.15) is 0 Å². The zero-order chi connectivity index (χ0) is 13.8. The van der Waals surface area contributed by atoms with Crippen LogP contribution in [0.25, 0.3) is 0 Å². The molecule has 1 unspecified atom stereocenters. The minimum atomic E-state index is 0.848. The highest BCUT2D eigenvalue weighted by Gasteiger charge is 2.07. The van der Waals surface area contributed by atoms with E-state index in [0.717, 1.165) is 11.2 Å². The van der Waals surface area contributed by atoms with Gasteiger partial charge >= 0.3 is 0 Å². The van der Waals surface area contributed by atoms with Crippen LogP contribution in [0.1, 0.15) is 47.0 Å². The molecule has 1 atom stereocenters. The van der Waals surface area contributed by atoms with Crippen LogP contribution in [0, 0.1) is 5.92 Å². The molecule has 3 heteroatoms. The van der Waals surface area contributed by atoms with Crippen molar-refractivity contribution in [1.29, 1.82) is 0 Å². The molecule has 0 spiro atoms. The number of alkyl halides is 1. The summed E-state index contributed by atoms with van der Waals surface area (Å²) in [6.07, 6.45) is 3.95. The lowest BCUT2D eigenvalue weighted by Gasteiger charge is -2.24. The first-order chi connectivity index (χ1) is 8.67. The van der Waals surface area contributed by atoms with Crippen LogP contribution in [0.15, 0.2) is 0 Å². The van der Waals surface area contributed by atoms with Gasteiger partial charge in [0.15, 0.2) is 0 Å². The van der Waals surface area contributed by atoms with Crippen molar-refractivity contribution in [2.45, 2.75) is 47.0 Å². The summed E-state index contributed by atoms with van der Waals surface area (Å²) in [5.74, 6) is 0.848. The average Bonchev–Trinajstić information content (AvgIpc) is 2.38. The predicted octanol–water partition coefficient (Wildman–Crippen LogP) is 3.85. The van der Waals surface area contributed by atoms with E-state index in [-0.39, 0.29) is 0 Å². The molecule has 0 aliphatic carbocycles. The SMILES string of the molecule is CCN(CC)CCCN(CC)CCC(C)CCBr. The van der Waals surface area contributed by atoms with Gasteiger partial charge in [0.2, 0.25) is 0 Å². The van der Waals surface area contributed by atoms with E-state index < -0.39 is 0 Å². The van der Waals surface area contributed by atoms with Crippen LogP contribution in [-0.2, 0) is 0 Å². The van der Waals surface area contributed by atoms with Gasteiger partial charge in [-0.1, -0.05) is 43.6 Å². The largest absolute Gasteiger partial charge is 0.304 e. The monoisotopic (exact) mass is 320 g/mol. The van der Waals surface area contributed by atoms with E-state index in [1.54, 1.807) is 0 Å². The van der Waals surface area contributed by atoms with Crippen molar-refractivity contribution in [3.8, 4) is 0 Å². The molecule has 110 valence electrons. The van der Waals surface area contributed by atoms with Crippen molar-refractivity contribution in [2.24, 2.45) is 5.92 Å². The highest BCUT2D eigenvalue weighted by Crippen LogP contribution is 2.10. The number of hydrogen-bond acceptors (Lipinski definition) is 2.